The zero-order chi connectivity index (χ0) is 9.42. The van der Waals surface area contributed by atoms with Crippen LogP contribution in [-0.2, 0) is 4.79 Å². The molecule has 0 fully saturated rings. The van der Waals surface area contributed by atoms with Crippen molar-refractivity contribution in [1.29, 1.82) is 0 Å². The van der Waals surface area contributed by atoms with Gasteiger partial charge in [0.15, 0.2) is 11.6 Å². The molecular weight excluding hydrogens is 172 g/mol. The summed E-state index contributed by atoms with van der Waals surface area (Å²) in [5, 5.41) is 5.32. The molecule has 0 radical (unpaired) electrons. The smallest absolute Gasteiger partial charge is 0.243 e. The molecule has 7 heteroatoms. The fourth-order valence-electron chi connectivity index (χ4n) is 1.09. The maximum Gasteiger partial charge on any atom is 0.243 e. The summed E-state index contributed by atoms with van der Waals surface area (Å²) in [7, 11) is 0. The lowest BCUT2D eigenvalue weighted by Gasteiger charge is -2.18. The number of anilines is 4. The van der Waals surface area contributed by atoms with Gasteiger partial charge in [0.2, 0.25) is 11.9 Å². The van der Waals surface area contributed by atoms with Crippen molar-refractivity contribution in [2.75, 3.05) is 28.6 Å². The van der Waals surface area contributed by atoms with Crippen LogP contribution in [0.5, 0.6) is 0 Å². The summed E-state index contributed by atoms with van der Waals surface area (Å²) < 4.78 is 0. The van der Waals surface area contributed by atoms with Crippen molar-refractivity contribution in [3.05, 3.63) is 0 Å². The lowest BCUT2D eigenvalue weighted by atomic mass is 10.3. The van der Waals surface area contributed by atoms with Gasteiger partial charge in [0.25, 0.3) is 0 Å². The van der Waals surface area contributed by atoms with Crippen LogP contribution >= 0.6 is 0 Å². The molecule has 0 saturated carbocycles. The summed E-state index contributed by atoms with van der Waals surface area (Å²) in [6.45, 7) is 0.170. The van der Waals surface area contributed by atoms with Gasteiger partial charge >= 0.3 is 0 Å². The number of nitrogens with one attached hydrogen (secondary N) is 2. The Balaban J connectivity index is 2.53. The van der Waals surface area contributed by atoms with E-state index in [9.17, 15) is 4.79 Å². The second kappa shape index (κ2) is 2.47. The van der Waals surface area contributed by atoms with Crippen LogP contribution in [0.4, 0.5) is 23.3 Å². The van der Waals surface area contributed by atoms with Gasteiger partial charge in [0.1, 0.15) is 5.69 Å². The first-order valence-corrected chi connectivity index (χ1v) is 3.63. The average molecular weight is 180 g/mol. The maximum atomic E-state index is 10.9. The molecule has 68 valence electrons. The van der Waals surface area contributed by atoms with Crippen molar-refractivity contribution < 1.29 is 4.79 Å². The molecular formula is C6H8N6O. The molecule has 2 rings (SSSR count). The predicted molar refractivity (Wildman–Crippen MR) is 48.0 cm³/mol. The largest absolute Gasteiger partial charge is 0.382 e. The monoisotopic (exact) mass is 180 g/mol. The van der Waals surface area contributed by atoms with Crippen LogP contribution < -0.4 is 22.1 Å². The molecule has 7 nitrogen and oxygen atoms in total. The number of carbonyl (C=O) groups is 1. The Morgan fingerprint density at radius 3 is 2.85 bits per heavy atom. The van der Waals surface area contributed by atoms with Crippen molar-refractivity contribution in [2.45, 2.75) is 0 Å². The number of nitrogens with zero attached hydrogens (tertiary/aromatic N) is 2. The van der Waals surface area contributed by atoms with Crippen molar-refractivity contribution in [3.63, 3.8) is 0 Å². The maximum absolute atomic E-state index is 10.9. The molecule has 13 heavy (non-hydrogen) atoms. The lowest BCUT2D eigenvalue weighted by Crippen LogP contribution is -2.29. The van der Waals surface area contributed by atoms with Crippen LogP contribution in [0.2, 0.25) is 0 Å². The first-order chi connectivity index (χ1) is 6.16. The molecule has 1 amide bonds. The average Bonchev–Trinajstić information content (AvgIpc) is 2.06. The molecule has 0 spiro atoms. The van der Waals surface area contributed by atoms with Gasteiger partial charge < -0.3 is 22.1 Å². The third-order valence-corrected chi connectivity index (χ3v) is 1.64. The number of carbonyl (C=O) groups excluding carboxylic acids is 1. The minimum Gasteiger partial charge on any atom is -0.382 e. The van der Waals surface area contributed by atoms with E-state index >= 15 is 0 Å². The van der Waals surface area contributed by atoms with E-state index in [1.54, 1.807) is 0 Å². The summed E-state index contributed by atoms with van der Waals surface area (Å²) in [6.07, 6.45) is 0. The van der Waals surface area contributed by atoms with E-state index < -0.39 is 0 Å². The van der Waals surface area contributed by atoms with Crippen LogP contribution in [-0.4, -0.2) is 22.4 Å². The van der Waals surface area contributed by atoms with Crippen LogP contribution in [0.1, 0.15) is 0 Å². The van der Waals surface area contributed by atoms with Gasteiger partial charge in [-0.15, -0.1) is 0 Å². The molecule has 0 unspecified atom stereocenters. The Morgan fingerprint density at radius 1 is 1.31 bits per heavy atom. The number of fused-ring (bicyclic) bond motifs is 1. The Hall–Kier alpha value is -2.05. The summed E-state index contributed by atoms with van der Waals surface area (Å²) in [5.41, 5.74) is 11.3. The van der Waals surface area contributed by atoms with Gasteiger partial charge in [-0.25, -0.2) is 0 Å². The number of aromatic nitrogens is 2. The lowest BCUT2D eigenvalue weighted by molar-refractivity contribution is -0.114. The van der Waals surface area contributed by atoms with Gasteiger partial charge in [0, 0.05) is 0 Å². The molecule has 2 heterocycles. The summed E-state index contributed by atoms with van der Waals surface area (Å²) in [4.78, 5) is 18.5. The molecule has 6 N–H and O–H groups in total. The molecule has 1 aliphatic rings. The van der Waals surface area contributed by atoms with Gasteiger partial charge in [-0.3, -0.25) is 4.79 Å². The highest BCUT2D eigenvalue weighted by atomic mass is 16.2. The second-order valence-corrected chi connectivity index (χ2v) is 2.59. The van der Waals surface area contributed by atoms with Crippen LogP contribution in [0.15, 0.2) is 0 Å². The molecule has 0 saturated heterocycles. The van der Waals surface area contributed by atoms with E-state index in [0.29, 0.717) is 11.5 Å². The standard InChI is InChI=1S/C6H8N6O/c7-4-3-5(12-6(8)11-4)9-1-2(13)10-3/h1H2,(H,10,13)(H5,7,8,9,11,12). The third-order valence-electron chi connectivity index (χ3n) is 1.64. The Labute approximate surface area is 73.5 Å². The Bertz CT molecular complexity index is 376. The summed E-state index contributed by atoms with van der Waals surface area (Å²) in [6, 6.07) is 0. The summed E-state index contributed by atoms with van der Waals surface area (Å²) in [5.74, 6) is 0.542. The molecule has 0 atom stereocenters. The Morgan fingerprint density at radius 2 is 2.08 bits per heavy atom. The van der Waals surface area contributed by atoms with Crippen LogP contribution in [0, 0.1) is 0 Å². The molecule has 1 aliphatic heterocycles. The van der Waals surface area contributed by atoms with E-state index in [-0.39, 0.29) is 24.2 Å². The normalized spacial score (nSPS) is 14.3. The van der Waals surface area contributed by atoms with E-state index in [1.807, 2.05) is 0 Å². The highest BCUT2D eigenvalue weighted by Gasteiger charge is 2.18. The van der Waals surface area contributed by atoms with E-state index in [0.717, 1.165) is 0 Å². The van der Waals surface area contributed by atoms with Crippen molar-refractivity contribution >= 4 is 29.2 Å². The second-order valence-electron chi connectivity index (χ2n) is 2.59. The van der Waals surface area contributed by atoms with Crippen LogP contribution in [0.3, 0.4) is 0 Å². The highest BCUT2D eigenvalue weighted by Crippen LogP contribution is 2.27. The zero-order valence-electron chi connectivity index (χ0n) is 6.66. The first-order valence-electron chi connectivity index (χ1n) is 3.63. The van der Waals surface area contributed by atoms with Gasteiger partial charge in [-0.2, -0.15) is 9.97 Å². The quantitative estimate of drug-likeness (QED) is 0.406. The highest BCUT2D eigenvalue weighted by molar-refractivity contribution is 6.02. The van der Waals surface area contributed by atoms with E-state index in [2.05, 4.69) is 20.6 Å². The van der Waals surface area contributed by atoms with E-state index in [1.165, 1.54) is 0 Å². The number of amides is 1. The number of rotatable bonds is 0. The predicted octanol–water partition coefficient (Wildman–Crippen LogP) is -0.995. The number of nitrogens with two attached hydrogens (primary N) is 2. The zero-order valence-corrected chi connectivity index (χ0v) is 6.66. The molecule has 1 aromatic heterocycles. The number of hydrogen-bond acceptors (Lipinski definition) is 6. The van der Waals surface area contributed by atoms with E-state index in [4.69, 9.17) is 11.5 Å². The van der Waals surface area contributed by atoms with Gasteiger partial charge in [-0.05, 0) is 0 Å². The van der Waals surface area contributed by atoms with Crippen molar-refractivity contribution in [3.8, 4) is 0 Å². The molecule has 0 aliphatic carbocycles. The van der Waals surface area contributed by atoms with Gasteiger partial charge in [-0.1, -0.05) is 0 Å². The number of hydrogen-bond donors (Lipinski definition) is 4. The topological polar surface area (TPSA) is 119 Å². The molecule has 0 bridgehead atoms. The van der Waals surface area contributed by atoms with Crippen molar-refractivity contribution in [1.82, 2.24) is 9.97 Å². The minimum atomic E-state index is -0.174. The first kappa shape index (κ1) is 7.59. The SMILES string of the molecule is Nc1nc(N)c2c(n1)NCC(=O)N2. The van der Waals surface area contributed by atoms with Gasteiger partial charge in [0.05, 0.1) is 6.54 Å². The Kier molecular flexibility index (Phi) is 1.44. The minimum absolute atomic E-state index is 0.0832. The third kappa shape index (κ3) is 1.19. The van der Waals surface area contributed by atoms with Crippen molar-refractivity contribution in [2.24, 2.45) is 0 Å². The van der Waals surface area contributed by atoms with Crippen LogP contribution in [0.25, 0.3) is 0 Å². The fraction of sp³-hybridized carbons (Fsp3) is 0.167. The molecule has 1 aromatic rings. The summed E-state index contributed by atoms with van der Waals surface area (Å²) >= 11 is 0. The number of nitrogen functional groups attached to an aromatic ring is 2. The fourth-order valence-corrected chi connectivity index (χ4v) is 1.09. The molecule has 0 aromatic carbocycles.